The number of esters is 1. The highest BCUT2D eigenvalue weighted by atomic mass is 32.2. The minimum Gasteiger partial charge on any atom is -0.465 e. The summed E-state index contributed by atoms with van der Waals surface area (Å²) in [6.07, 6.45) is 1.14. The van der Waals surface area contributed by atoms with E-state index in [0.717, 1.165) is 18.2 Å². The fourth-order valence-electron chi connectivity index (χ4n) is 5.33. The van der Waals surface area contributed by atoms with Crippen molar-refractivity contribution in [3.05, 3.63) is 78.4 Å². The third-order valence-corrected chi connectivity index (χ3v) is 9.09. The number of rotatable bonds is 13. The molecule has 1 saturated heterocycles. The Balaban J connectivity index is 1.58. The van der Waals surface area contributed by atoms with E-state index in [1.54, 1.807) is 54.3 Å². The van der Waals surface area contributed by atoms with Gasteiger partial charge in [-0.2, -0.15) is 4.72 Å². The van der Waals surface area contributed by atoms with E-state index < -0.39 is 46.8 Å². The Morgan fingerprint density at radius 3 is 2.49 bits per heavy atom. The Labute approximate surface area is 263 Å². The second-order valence-corrected chi connectivity index (χ2v) is 12.7. The fourth-order valence-corrected chi connectivity index (χ4v) is 6.56. The van der Waals surface area contributed by atoms with E-state index in [4.69, 9.17) is 15.9 Å². The number of nitrogens with zero attached hydrogens (tertiary/aromatic N) is 2. The van der Waals surface area contributed by atoms with Crippen LogP contribution < -0.4 is 15.8 Å². The Morgan fingerprint density at radius 1 is 1.07 bits per heavy atom. The molecule has 2 amide bonds. The van der Waals surface area contributed by atoms with Gasteiger partial charge in [-0.05, 0) is 54.2 Å². The van der Waals surface area contributed by atoms with Crippen LogP contribution in [0.3, 0.4) is 0 Å². The third-order valence-electron chi connectivity index (χ3n) is 7.62. The van der Waals surface area contributed by atoms with Gasteiger partial charge in [-0.1, -0.05) is 60.7 Å². The number of carbonyl (C=O) groups is 3. The van der Waals surface area contributed by atoms with Gasteiger partial charge in [0.25, 0.3) is 0 Å². The Hall–Kier alpha value is -4.49. The molecular formula is C32H40N6O6S. The lowest BCUT2D eigenvalue weighted by atomic mass is 9.98. The van der Waals surface area contributed by atoms with Crippen molar-refractivity contribution < 1.29 is 27.5 Å². The van der Waals surface area contributed by atoms with E-state index >= 15 is 0 Å². The van der Waals surface area contributed by atoms with Crippen LogP contribution in [0.15, 0.2) is 77.7 Å². The van der Waals surface area contributed by atoms with Crippen LogP contribution >= 0.6 is 0 Å². The number of carbonyl (C=O) groups excluding carboxylic acids is 3. The molecule has 0 unspecified atom stereocenters. The minimum atomic E-state index is -4.28. The maximum Gasteiger partial charge on any atom is 0.325 e. The van der Waals surface area contributed by atoms with E-state index in [1.165, 1.54) is 17.0 Å². The Bertz CT molecular complexity index is 1620. The molecule has 3 aromatic carbocycles. The smallest absolute Gasteiger partial charge is 0.325 e. The summed E-state index contributed by atoms with van der Waals surface area (Å²) in [6, 6.07) is 19.3. The highest BCUT2D eigenvalue weighted by Gasteiger charge is 2.33. The molecule has 0 saturated carbocycles. The van der Waals surface area contributed by atoms with Crippen molar-refractivity contribution >= 4 is 44.5 Å². The lowest BCUT2D eigenvalue weighted by Crippen LogP contribution is -2.52. The molecule has 45 heavy (non-hydrogen) atoms. The molecule has 0 radical (unpaired) electrons. The second-order valence-electron chi connectivity index (χ2n) is 11.0. The van der Waals surface area contributed by atoms with Gasteiger partial charge in [-0.3, -0.25) is 19.8 Å². The van der Waals surface area contributed by atoms with Gasteiger partial charge in [-0.25, -0.2) is 8.42 Å². The average Bonchev–Trinajstić information content (AvgIpc) is 3.03. The molecule has 0 aromatic heterocycles. The SMILES string of the molecule is CCOC(=O)CN(Cc1ccccc1)C(=O)[C@H](CC(=O)NC[C@@H]1CCCN(C(=N)N)C1)NS(=O)(=O)c1ccc2ccccc2c1. The molecule has 240 valence electrons. The first kappa shape index (κ1) is 33.4. The summed E-state index contributed by atoms with van der Waals surface area (Å²) < 4.78 is 34.8. The van der Waals surface area contributed by atoms with Crippen LogP contribution in [0.2, 0.25) is 0 Å². The zero-order chi connectivity index (χ0) is 32.4. The van der Waals surface area contributed by atoms with E-state index in [9.17, 15) is 22.8 Å². The largest absolute Gasteiger partial charge is 0.465 e. The number of likely N-dealkylation sites (tertiary alicyclic amines) is 1. The number of nitrogens with one attached hydrogen (secondary N) is 3. The molecular weight excluding hydrogens is 596 g/mol. The summed E-state index contributed by atoms with van der Waals surface area (Å²) in [6.45, 7) is 2.78. The van der Waals surface area contributed by atoms with Crippen LogP contribution in [0.4, 0.5) is 0 Å². The molecule has 13 heteroatoms. The maximum atomic E-state index is 14.0. The molecule has 5 N–H and O–H groups in total. The Morgan fingerprint density at radius 2 is 1.78 bits per heavy atom. The van der Waals surface area contributed by atoms with E-state index in [1.807, 2.05) is 18.2 Å². The highest BCUT2D eigenvalue weighted by Crippen LogP contribution is 2.20. The molecule has 0 spiro atoms. The molecule has 12 nitrogen and oxygen atoms in total. The normalized spacial score (nSPS) is 15.7. The number of benzene rings is 3. The number of amides is 2. The molecule has 2 atom stereocenters. The van der Waals surface area contributed by atoms with Crippen molar-refractivity contribution in [2.45, 2.75) is 43.7 Å². The van der Waals surface area contributed by atoms with Gasteiger partial charge >= 0.3 is 5.97 Å². The fraction of sp³-hybridized carbons (Fsp3) is 0.375. The molecule has 1 heterocycles. The highest BCUT2D eigenvalue weighted by molar-refractivity contribution is 7.89. The zero-order valence-electron chi connectivity index (χ0n) is 25.3. The summed E-state index contributed by atoms with van der Waals surface area (Å²) in [5, 5.41) is 12.1. The second kappa shape index (κ2) is 15.5. The van der Waals surface area contributed by atoms with Crippen molar-refractivity contribution in [1.82, 2.24) is 19.8 Å². The first-order valence-corrected chi connectivity index (χ1v) is 16.4. The molecule has 1 aliphatic rings. The molecule has 0 aliphatic carbocycles. The van der Waals surface area contributed by atoms with Crippen molar-refractivity contribution in [1.29, 1.82) is 5.41 Å². The Kier molecular flexibility index (Phi) is 11.5. The third kappa shape index (κ3) is 9.50. The number of hydrogen-bond donors (Lipinski definition) is 4. The van der Waals surface area contributed by atoms with Gasteiger partial charge in [0, 0.05) is 26.2 Å². The maximum absolute atomic E-state index is 14.0. The predicted molar refractivity (Wildman–Crippen MR) is 170 cm³/mol. The standard InChI is InChI=1S/C32H40N6O6S/c1-2-44-30(40)22-38(20-23-9-4-3-5-10-23)31(41)28(18-29(39)35-19-24-11-8-16-37(21-24)32(33)34)36-45(42,43)27-15-14-25-12-6-7-13-26(25)17-27/h3-7,9-10,12-15,17,24,28,36H,2,8,11,16,18-22H2,1H3,(H3,33,34)(H,35,39)/t24-,28-/m0/s1. The van der Waals surface area contributed by atoms with Gasteiger partial charge in [0.1, 0.15) is 12.6 Å². The van der Waals surface area contributed by atoms with Crippen LogP contribution in [0.1, 0.15) is 31.7 Å². The first-order chi connectivity index (χ1) is 21.6. The molecule has 0 bridgehead atoms. The van der Waals surface area contributed by atoms with Gasteiger partial charge < -0.3 is 25.6 Å². The van der Waals surface area contributed by atoms with Crippen LogP contribution in [0, 0.1) is 11.3 Å². The molecule has 3 aromatic rings. The van der Waals surface area contributed by atoms with Crippen LogP contribution in [-0.2, 0) is 35.7 Å². The summed E-state index contributed by atoms with van der Waals surface area (Å²) in [5.41, 5.74) is 6.35. The number of piperidine rings is 1. The van der Waals surface area contributed by atoms with Crippen molar-refractivity contribution in [3.8, 4) is 0 Å². The van der Waals surface area contributed by atoms with E-state index in [2.05, 4.69) is 10.0 Å². The topological polar surface area (TPSA) is 175 Å². The summed E-state index contributed by atoms with van der Waals surface area (Å²) in [7, 11) is -4.28. The van der Waals surface area contributed by atoms with Crippen molar-refractivity contribution in [3.63, 3.8) is 0 Å². The lowest BCUT2D eigenvalue weighted by Gasteiger charge is -2.33. The van der Waals surface area contributed by atoms with Gasteiger partial charge in [0.15, 0.2) is 5.96 Å². The first-order valence-electron chi connectivity index (χ1n) is 14.9. The van der Waals surface area contributed by atoms with Crippen LogP contribution in [0.5, 0.6) is 0 Å². The van der Waals surface area contributed by atoms with Crippen LogP contribution in [-0.4, -0.2) is 80.8 Å². The zero-order valence-corrected chi connectivity index (χ0v) is 26.1. The quantitative estimate of drug-likeness (QED) is 0.125. The van der Waals surface area contributed by atoms with Crippen molar-refractivity contribution in [2.75, 3.05) is 32.8 Å². The lowest BCUT2D eigenvalue weighted by molar-refractivity contribution is -0.150. The average molecular weight is 637 g/mol. The van der Waals surface area contributed by atoms with Gasteiger partial charge in [0.05, 0.1) is 17.9 Å². The number of sulfonamides is 1. The number of hydrogen-bond acceptors (Lipinski definition) is 7. The summed E-state index contributed by atoms with van der Waals surface area (Å²) in [5.74, 6) is -1.93. The van der Waals surface area contributed by atoms with Gasteiger partial charge in [-0.15, -0.1) is 0 Å². The summed E-state index contributed by atoms with van der Waals surface area (Å²) in [4.78, 5) is 42.6. The summed E-state index contributed by atoms with van der Waals surface area (Å²) >= 11 is 0. The minimum absolute atomic E-state index is 0.00271. The van der Waals surface area contributed by atoms with Gasteiger partial charge in [0.2, 0.25) is 21.8 Å². The molecule has 4 rings (SSSR count). The number of fused-ring (bicyclic) bond motifs is 1. The monoisotopic (exact) mass is 636 g/mol. The molecule has 1 aliphatic heterocycles. The molecule has 1 fully saturated rings. The number of nitrogens with two attached hydrogens (primary N) is 1. The van der Waals surface area contributed by atoms with E-state index in [0.29, 0.717) is 24.0 Å². The number of ether oxygens (including phenoxy) is 1. The predicted octanol–water partition coefficient (Wildman–Crippen LogP) is 2.19. The van der Waals surface area contributed by atoms with Crippen LogP contribution in [0.25, 0.3) is 10.8 Å². The number of guanidine groups is 1. The van der Waals surface area contributed by atoms with Crippen molar-refractivity contribution in [2.24, 2.45) is 11.7 Å². The van der Waals surface area contributed by atoms with E-state index in [-0.39, 0.29) is 36.5 Å².